The van der Waals surface area contributed by atoms with Crippen LogP contribution >= 0.6 is 11.3 Å². The van der Waals surface area contributed by atoms with Crippen molar-refractivity contribution in [3.63, 3.8) is 0 Å². The maximum Gasteiger partial charge on any atom is 0.276 e. The predicted molar refractivity (Wildman–Crippen MR) is 61.6 cm³/mol. The molecule has 0 bridgehead atoms. The molecule has 0 aromatic carbocycles. The fourth-order valence-corrected chi connectivity index (χ4v) is 1.92. The Morgan fingerprint density at radius 1 is 1.44 bits per heavy atom. The smallest absolute Gasteiger partial charge is 0.276 e. The number of hydrogen-bond donors (Lipinski definition) is 1. The second-order valence-corrected chi connectivity index (χ2v) is 4.41. The van der Waals surface area contributed by atoms with E-state index in [2.05, 4.69) is 20.3 Å². The van der Waals surface area contributed by atoms with Crippen LogP contribution in [0, 0.1) is 13.8 Å². The first-order valence-electron chi connectivity index (χ1n) is 4.68. The number of carbonyl (C=O) groups is 1. The minimum atomic E-state index is -0.267. The number of hydrogen-bond acceptors (Lipinski definition) is 5. The molecular weight excluding hydrogens is 224 g/mol. The van der Waals surface area contributed by atoms with Crippen LogP contribution in [0.2, 0.25) is 0 Å². The summed E-state index contributed by atoms with van der Waals surface area (Å²) in [6.07, 6.45) is 2.87. The lowest BCUT2D eigenvalue weighted by Crippen LogP contribution is -2.13. The van der Waals surface area contributed by atoms with E-state index in [0.29, 0.717) is 10.8 Å². The number of nitrogens with one attached hydrogen (secondary N) is 1. The van der Waals surface area contributed by atoms with Gasteiger partial charge in [0, 0.05) is 11.1 Å². The molecule has 0 fully saturated rings. The minimum absolute atomic E-state index is 0.267. The molecule has 1 amide bonds. The van der Waals surface area contributed by atoms with Gasteiger partial charge in [-0.05, 0) is 19.9 Å². The van der Waals surface area contributed by atoms with Crippen LogP contribution in [-0.4, -0.2) is 20.9 Å². The van der Waals surface area contributed by atoms with E-state index in [1.807, 2.05) is 13.8 Å². The van der Waals surface area contributed by atoms with Crippen molar-refractivity contribution >= 4 is 22.4 Å². The Bertz CT molecular complexity index is 489. The summed E-state index contributed by atoms with van der Waals surface area (Å²) in [4.78, 5) is 24.6. The van der Waals surface area contributed by atoms with Gasteiger partial charge in [-0.3, -0.25) is 10.1 Å². The van der Waals surface area contributed by atoms with E-state index in [1.54, 1.807) is 6.07 Å². The van der Waals surface area contributed by atoms with E-state index in [1.165, 1.54) is 23.9 Å². The highest BCUT2D eigenvalue weighted by atomic mass is 32.1. The van der Waals surface area contributed by atoms with E-state index >= 15 is 0 Å². The number of aryl methyl sites for hydroxylation is 2. The van der Waals surface area contributed by atoms with E-state index < -0.39 is 0 Å². The first kappa shape index (κ1) is 10.7. The van der Waals surface area contributed by atoms with Crippen molar-refractivity contribution in [2.24, 2.45) is 0 Å². The summed E-state index contributed by atoms with van der Waals surface area (Å²) in [5, 5.41) is 3.29. The maximum atomic E-state index is 11.7. The van der Waals surface area contributed by atoms with Crippen LogP contribution in [0.5, 0.6) is 0 Å². The number of aromatic nitrogens is 3. The number of amides is 1. The molecule has 0 unspecified atom stereocenters. The summed E-state index contributed by atoms with van der Waals surface area (Å²) < 4.78 is 0. The molecule has 0 radical (unpaired) electrons. The normalized spacial score (nSPS) is 10.1. The van der Waals surface area contributed by atoms with E-state index in [9.17, 15) is 4.79 Å². The molecule has 2 rings (SSSR count). The van der Waals surface area contributed by atoms with Crippen molar-refractivity contribution in [3.8, 4) is 0 Å². The average molecular weight is 234 g/mol. The van der Waals surface area contributed by atoms with Gasteiger partial charge in [0.2, 0.25) is 0 Å². The van der Waals surface area contributed by atoms with Gasteiger partial charge in [0.05, 0.1) is 5.69 Å². The molecule has 0 aliphatic heterocycles. The molecule has 16 heavy (non-hydrogen) atoms. The topological polar surface area (TPSA) is 67.8 Å². The molecule has 0 saturated carbocycles. The lowest BCUT2D eigenvalue weighted by molar-refractivity contribution is 0.102. The number of nitrogens with zero attached hydrogens (tertiary/aromatic N) is 3. The molecule has 0 aliphatic carbocycles. The predicted octanol–water partition coefficient (Wildman–Crippen LogP) is 1.80. The Hall–Kier alpha value is -1.82. The second kappa shape index (κ2) is 4.36. The summed E-state index contributed by atoms with van der Waals surface area (Å²) >= 11 is 1.45. The largest absolute Gasteiger partial charge is 0.296 e. The van der Waals surface area contributed by atoms with Crippen molar-refractivity contribution in [2.75, 3.05) is 5.32 Å². The van der Waals surface area contributed by atoms with Crippen LogP contribution in [0.1, 0.15) is 21.1 Å². The Labute approximate surface area is 96.6 Å². The molecule has 2 heterocycles. The number of anilines is 1. The van der Waals surface area contributed by atoms with Gasteiger partial charge in [0.25, 0.3) is 5.91 Å². The van der Waals surface area contributed by atoms with Crippen LogP contribution in [-0.2, 0) is 0 Å². The third kappa shape index (κ3) is 2.22. The molecule has 5 nitrogen and oxygen atoms in total. The molecule has 82 valence electrons. The summed E-state index contributed by atoms with van der Waals surface area (Å²) in [5.74, 6) is -0.267. The van der Waals surface area contributed by atoms with Gasteiger partial charge in [0.15, 0.2) is 5.13 Å². The molecule has 0 saturated heterocycles. The summed E-state index contributed by atoms with van der Waals surface area (Å²) in [7, 11) is 0. The molecule has 0 aliphatic rings. The van der Waals surface area contributed by atoms with Crippen LogP contribution in [0.3, 0.4) is 0 Å². The minimum Gasteiger partial charge on any atom is -0.296 e. The van der Waals surface area contributed by atoms with Crippen LogP contribution < -0.4 is 5.32 Å². The molecule has 0 atom stereocenters. The van der Waals surface area contributed by atoms with Crippen LogP contribution in [0.4, 0.5) is 5.13 Å². The fraction of sp³-hybridized carbons (Fsp3) is 0.200. The SMILES string of the molecule is Cc1nc(NC(=O)c2ccncn2)sc1C. The standard InChI is InChI=1S/C10H10N4OS/c1-6-7(2)16-10(13-6)14-9(15)8-3-4-11-5-12-8/h3-5H,1-2H3,(H,13,14,15). The van der Waals surface area contributed by atoms with Crippen molar-refractivity contribution in [1.82, 2.24) is 15.0 Å². The summed E-state index contributed by atoms with van der Waals surface area (Å²) in [6.45, 7) is 3.87. The molecule has 0 spiro atoms. The Kier molecular flexibility index (Phi) is 2.91. The van der Waals surface area contributed by atoms with Gasteiger partial charge in [-0.2, -0.15) is 0 Å². The molecule has 1 N–H and O–H groups in total. The van der Waals surface area contributed by atoms with Gasteiger partial charge < -0.3 is 0 Å². The van der Waals surface area contributed by atoms with E-state index in [0.717, 1.165) is 10.6 Å². The van der Waals surface area contributed by atoms with Gasteiger partial charge in [-0.15, -0.1) is 11.3 Å². The quantitative estimate of drug-likeness (QED) is 0.860. The number of rotatable bonds is 2. The monoisotopic (exact) mass is 234 g/mol. The third-order valence-electron chi connectivity index (χ3n) is 2.06. The Morgan fingerprint density at radius 3 is 2.81 bits per heavy atom. The molecular formula is C10H10N4OS. The highest BCUT2D eigenvalue weighted by molar-refractivity contribution is 7.15. The fourth-order valence-electron chi connectivity index (χ4n) is 1.11. The van der Waals surface area contributed by atoms with Crippen molar-refractivity contribution in [3.05, 3.63) is 34.9 Å². The zero-order chi connectivity index (χ0) is 11.5. The molecule has 2 aromatic heterocycles. The third-order valence-corrected chi connectivity index (χ3v) is 3.05. The second-order valence-electron chi connectivity index (χ2n) is 3.21. The first-order chi connectivity index (χ1) is 7.66. The van der Waals surface area contributed by atoms with Crippen molar-refractivity contribution in [1.29, 1.82) is 0 Å². The highest BCUT2D eigenvalue weighted by Crippen LogP contribution is 2.21. The van der Waals surface area contributed by atoms with Gasteiger partial charge >= 0.3 is 0 Å². The van der Waals surface area contributed by atoms with Gasteiger partial charge in [-0.25, -0.2) is 15.0 Å². The lowest BCUT2D eigenvalue weighted by Gasteiger charge is -1.98. The van der Waals surface area contributed by atoms with Crippen molar-refractivity contribution < 1.29 is 4.79 Å². The van der Waals surface area contributed by atoms with Crippen LogP contribution in [0.15, 0.2) is 18.6 Å². The zero-order valence-corrected chi connectivity index (χ0v) is 9.71. The van der Waals surface area contributed by atoms with E-state index in [-0.39, 0.29) is 5.91 Å². The highest BCUT2D eigenvalue weighted by Gasteiger charge is 2.10. The van der Waals surface area contributed by atoms with Crippen LogP contribution in [0.25, 0.3) is 0 Å². The molecule has 2 aromatic rings. The Morgan fingerprint density at radius 2 is 2.25 bits per heavy atom. The molecule has 6 heteroatoms. The van der Waals surface area contributed by atoms with Gasteiger partial charge in [-0.1, -0.05) is 0 Å². The first-order valence-corrected chi connectivity index (χ1v) is 5.50. The zero-order valence-electron chi connectivity index (χ0n) is 8.89. The lowest BCUT2D eigenvalue weighted by atomic mass is 10.4. The summed E-state index contributed by atoms with van der Waals surface area (Å²) in [6, 6.07) is 1.56. The average Bonchev–Trinajstić information content (AvgIpc) is 2.59. The van der Waals surface area contributed by atoms with Gasteiger partial charge in [0.1, 0.15) is 12.0 Å². The Balaban J connectivity index is 2.14. The summed E-state index contributed by atoms with van der Waals surface area (Å²) in [5.41, 5.74) is 1.27. The maximum absolute atomic E-state index is 11.7. The van der Waals surface area contributed by atoms with E-state index in [4.69, 9.17) is 0 Å². The number of thiazole rings is 1. The number of carbonyl (C=O) groups excluding carboxylic acids is 1. The van der Waals surface area contributed by atoms with Crippen molar-refractivity contribution in [2.45, 2.75) is 13.8 Å².